The molecule has 3 aromatic rings. The zero-order valence-electron chi connectivity index (χ0n) is 9.29. The second kappa shape index (κ2) is 3.11. The zero-order chi connectivity index (χ0) is 11.4. The number of anilines is 1. The van der Waals surface area contributed by atoms with Crippen LogP contribution in [0.2, 0.25) is 0 Å². The number of rotatable bonds is 0. The third kappa shape index (κ3) is 1.19. The highest BCUT2D eigenvalue weighted by Crippen LogP contribution is 2.41. The minimum Gasteiger partial charge on any atom is -0.359 e. The van der Waals surface area contributed by atoms with Crippen LogP contribution >= 0.6 is 11.3 Å². The smallest absolute Gasteiger partial charge is 0.0425 e. The lowest BCUT2D eigenvalue weighted by atomic mass is 10.0. The molecule has 2 heterocycles. The standard InChI is InChI=1S/C15H11NS/c1-9-8-11-12(16-9)6-7-14-15(11)10-4-2-3-5-13(10)17-14/h2-7,16H,1,8H2. The number of hydrogen-bond donors (Lipinski definition) is 1. The quantitative estimate of drug-likeness (QED) is 0.605. The summed E-state index contributed by atoms with van der Waals surface area (Å²) in [5.74, 6) is 0. The predicted octanol–water partition coefficient (Wildman–Crippen LogP) is 4.54. The van der Waals surface area contributed by atoms with E-state index in [-0.39, 0.29) is 0 Å². The van der Waals surface area contributed by atoms with Crippen molar-refractivity contribution in [1.82, 2.24) is 0 Å². The molecule has 0 radical (unpaired) electrons. The molecule has 0 saturated carbocycles. The van der Waals surface area contributed by atoms with Gasteiger partial charge in [0.2, 0.25) is 0 Å². The topological polar surface area (TPSA) is 12.0 Å². The Morgan fingerprint density at radius 1 is 1.06 bits per heavy atom. The van der Waals surface area contributed by atoms with Crippen LogP contribution < -0.4 is 5.32 Å². The molecule has 0 bridgehead atoms. The SMILES string of the molecule is C=C1Cc2c(ccc3sc4ccccc4c23)N1. The normalized spacial score (nSPS) is 14.2. The summed E-state index contributed by atoms with van der Waals surface area (Å²) in [6.07, 6.45) is 0.952. The van der Waals surface area contributed by atoms with E-state index in [1.54, 1.807) is 0 Å². The minimum absolute atomic E-state index is 0.952. The van der Waals surface area contributed by atoms with Crippen LogP contribution in [0.15, 0.2) is 48.7 Å². The van der Waals surface area contributed by atoms with Gasteiger partial charge in [-0.1, -0.05) is 24.8 Å². The second-order valence-electron chi connectivity index (χ2n) is 4.47. The van der Waals surface area contributed by atoms with Gasteiger partial charge < -0.3 is 5.32 Å². The number of fused-ring (bicyclic) bond motifs is 5. The molecule has 1 nitrogen and oxygen atoms in total. The average Bonchev–Trinajstić information content (AvgIpc) is 2.87. The van der Waals surface area contributed by atoms with Crippen LogP contribution in [0, 0.1) is 0 Å². The Hall–Kier alpha value is -1.80. The van der Waals surface area contributed by atoms with Crippen molar-refractivity contribution in [1.29, 1.82) is 0 Å². The molecule has 82 valence electrons. The van der Waals surface area contributed by atoms with Gasteiger partial charge in [0, 0.05) is 38.0 Å². The molecule has 4 rings (SSSR count). The van der Waals surface area contributed by atoms with Crippen LogP contribution in [0.5, 0.6) is 0 Å². The molecule has 0 unspecified atom stereocenters. The maximum atomic E-state index is 4.03. The number of nitrogens with one attached hydrogen (secondary N) is 1. The molecule has 1 aliphatic heterocycles. The summed E-state index contributed by atoms with van der Waals surface area (Å²) in [5, 5.41) is 6.14. The lowest BCUT2D eigenvalue weighted by Crippen LogP contribution is -1.86. The molecule has 0 spiro atoms. The third-order valence-corrected chi connectivity index (χ3v) is 4.49. The molecule has 1 aliphatic rings. The van der Waals surface area contributed by atoms with E-state index < -0.39 is 0 Å². The Kier molecular flexibility index (Phi) is 1.69. The van der Waals surface area contributed by atoms with Crippen molar-refractivity contribution in [2.45, 2.75) is 6.42 Å². The molecule has 0 atom stereocenters. The fourth-order valence-corrected chi connectivity index (χ4v) is 3.77. The maximum absolute atomic E-state index is 4.03. The van der Waals surface area contributed by atoms with E-state index in [9.17, 15) is 0 Å². The van der Waals surface area contributed by atoms with Gasteiger partial charge in [-0.3, -0.25) is 0 Å². The third-order valence-electron chi connectivity index (χ3n) is 3.35. The van der Waals surface area contributed by atoms with Crippen LogP contribution in [0.3, 0.4) is 0 Å². The van der Waals surface area contributed by atoms with E-state index in [2.05, 4.69) is 48.3 Å². The summed E-state index contributed by atoms with van der Waals surface area (Å²) in [4.78, 5) is 0. The number of allylic oxidation sites excluding steroid dienone is 1. The van der Waals surface area contributed by atoms with Gasteiger partial charge in [-0.2, -0.15) is 0 Å². The molecule has 0 fully saturated rings. The van der Waals surface area contributed by atoms with Gasteiger partial charge >= 0.3 is 0 Å². The minimum atomic E-state index is 0.952. The summed E-state index contributed by atoms with van der Waals surface area (Å²) in [6, 6.07) is 13.0. The summed E-state index contributed by atoms with van der Waals surface area (Å²) in [7, 11) is 0. The second-order valence-corrected chi connectivity index (χ2v) is 5.55. The highest BCUT2D eigenvalue weighted by Gasteiger charge is 2.18. The predicted molar refractivity (Wildman–Crippen MR) is 75.8 cm³/mol. The van der Waals surface area contributed by atoms with Crippen molar-refractivity contribution in [2.24, 2.45) is 0 Å². The van der Waals surface area contributed by atoms with Gasteiger partial charge in [0.25, 0.3) is 0 Å². The van der Waals surface area contributed by atoms with Gasteiger partial charge in [0.1, 0.15) is 0 Å². The van der Waals surface area contributed by atoms with E-state index >= 15 is 0 Å². The van der Waals surface area contributed by atoms with Crippen LogP contribution in [0.25, 0.3) is 20.2 Å². The first-order valence-corrected chi connectivity index (χ1v) is 6.52. The first kappa shape index (κ1) is 9.25. The van der Waals surface area contributed by atoms with Gasteiger partial charge in [-0.05, 0) is 23.8 Å². The van der Waals surface area contributed by atoms with Gasteiger partial charge in [0.15, 0.2) is 0 Å². The zero-order valence-corrected chi connectivity index (χ0v) is 10.1. The van der Waals surface area contributed by atoms with Crippen molar-refractivity contribution in [3.05, 3.63) is 54.2 Å². The maximum Gasteiger partial charge on any atom is 0.0425 e. The van der Waals surface area contributed by atoms with Gasteiger partial charge in [0.05, 0.1) is 0 Å². The van der Waals surface area contributed by atoms with E-state index in [4.69, 9.17) is 0 Å². The molecule has 0 aliphatic carbocycles. The van der Waals surface area contributed by atoms with Crippen molar-refractivity contribution in [3.63, 3.8) is 0 Å². The number of thiophene rings is 1. The number of benzene rings is 2. The first-order valence-electron chi connectivity index (χ1n) is 5.71. The van der Waals surface area contributed by atoms with Crippen molar-refractivity contribution in [3.8, 4) is 0 Å². The van der Waals surface area contributed by atoms with Crippen molar-refractivity contribution >= 4 is 37.2 Å². The van der Waals surface area contributed by atoms with E-state index in [1.165, 1.54) is 31.4 Å². The number of hydrogen-bond acceptors (Lipinski definition) is 2. The fourth-order valence-electron chi connectivity index (χ4n) is 2.64. The lowest BCUT2D eigenvalue weighted by Gasteiger charge is -2.00. The van der Waals surface area contributed by atoms with Crippen LogP contribution in [0.1, 0.15) is 5.56 Å². The van der Waals surface area contributed by atoms with Crippen molar-refractivity contribution in [2.75, 3.05) is 5.32 Å². The molecular formula is C15H11NS. The highest BCUT2D eigenvalue weighted by molar-refractivity contribution is 7.25. The summed E-state index contributed by atoms with van der Waals surface area (Å²) < 4.78 is 2.75. The lowest BCUT2D eigenvalue weighted by molar-refractivity contribution is 1.28. The summed E-state index contributed by atoms with van der Waals surface area (Å²) >= 11 is 1.87. The molecule has 2 heteroatoms. The van der Waals surface area contributed by atoms with Gasteiger partial charge in [-0.15, -0.1) is 11.3 Å². The first-order chi connectivity index (χ1) is 8.33. The van der Waals surface area contributed by atoms with E-state index in [1.807, 2.05) is 11.3 Å². The summed E-state index contributed by atoms with van der Waals surface area (Å²) in [6.45, 7) is 4.03. The monoisotopic (exact) mass is 237 g/mol. The summed E-state index contributed by atoms with van der Waals surface area (Å²) in [5.41, 5.74) is 3.73. The van der Waals surface area contributed by atoms with Crippen LogP contribution in [-0.2, 0) is 6.42 Å². The fraction of sp³-hybridized carbons (Fsp3) is 0.0667. The molecule has 17 heavy (non-hydrogen) atoms. The molecule has 2 aromatic carbocycles. The molecule has 1 aromatic heterocycles. The Morgan fingerprint density at radius 2 is 1.94 bits per heavy atom. The molecule has 0 amide bonds. The van der Waals surface area contributed by atoms with Crippen molar-refractivity contribution < 1.29 is 0 Å². The van der Waals surface area contributed by atoms with Crippen LogP contribution in [-0.4, -0.2) is 0 Å². The van der Waals surface area contributed by atoms with Gasteiger partial charge in [-0.25, -0.2) is 0 Å². The molecular weight excluding hydrogens is 226 g/mol. The van der Waals surface area contributed by atoms with Crippen LogP contribution in [0.4, 0.5) is 5.69 Å². The van der Waals surface area contributed by atoms with E-state index in [0.29, 0.717) is 0 Å². The highest BCUT2D eigenvalue weighted by atomic mass is 32.1. The Bertz CT molecular complexity index is 767. The molecule has 1 N–H and O–H groups in total. The average molecular weight is 237 g/mol. The molecule has 0 saturated heterocycles. The largest absolute Gasteiger partial charge is 0.359 e. The van der Waals surface area contributed by atoms with E-state index in [0.717, 1.165) is 12.1 Å². The Morgan fingerprint density at radius 3 is 2.88 bits per heavy atom. The Balaban J connectivity index is 2.23. The Labute approximate surface area is 103 Å².